The normalized spacial score (nSPS) is 20.8. The van der Waals surface area contributed by atoms with E-state index >= 15 is 0 Å². The third-order valence-electron chi connectivity index (χ3n) is 5.51. The SMILES string of the molecule is CC(C)(Oc1ccc(CC#N)cc1)C(=O)N1CCC2(C1)OCc1cnccc12. The maximum absolute atomic E-state index is 13.2. The van der Waals surface area contributed by atoms with Gasteiger partial charge in [0.1, 0.15) is 11.4 Å². The molecule has 2 aliphatic rings. The van der Waals surface area contributed by atoms with Crippen molar-refractivity contribution < 1.29 is 14.3 Å². The largest absolute Gasteiger partial charge is 0.478 e. The highest BCUT2D eigenvalue weighted by Gasteiger charge is 2.49. The number of pyridine rings is 1. The van der Waals surface area contributed by atoms with Gasteiger partial charge in [-0.25, -0.2) is 0 Å². The highest BCUT2D eigenvalue weighted by molar-refractivity contribution is 5.85. The molecule has 0 N–H and O–H groups in total. The lowest BCUT2D eigenvalue weighted by Gasteiger charge is -2.31. The molecule has 4 rings (SSSR count). The van der Waals surface area contributed by atoms with Gasteiger partial charge in [0.25, 0.3) is 5.91 Å². The van der Waals surface area contributed by atoms with Gasteiger partial charge in [0, 0.05) is 24.5 Å². The van der Waals surface area contributed by atoms with Crippen molar-refractivity contribution in [3.63, 3.8) is 0 Å². The van der Waals surface area contributed by atoms with Crippen molar-refractivity contribution in [3.8, 4) is 11.8 Å². The molecule has 1 fully saturated rings. The molecule has 2 aromatic rings. The van der Waals surface area contributed by atoms with E-state index in [2.05, 4.69) is 11.1 Å². The van der Waals surface area contributed by atoms with Gasteiger partial charge in [-0.2, -0.15) is 5.26 Å². The zero-order chi connectivity index (χ0) is 19.8. The molecule has 1 spiro atoms. The van der Waals surface area contributed by atoms with Crippen LogP contribution < -0.4 is 4.74 Å². The number of hydrogen-bond acceptors (Lipinski definition) is 5. The number of nitrogens with zero attached hydrogens (tertiary/aromatic N) is 3. The third-order valence-corrected chi connectivity index (χ3v) is 5.51. The van der Waals surface area contributed by atoms with E-state index in [9.17, 15) is 4.79 Å². The summed E-state index contributed by atoms with van der Waals surface area (Å²) in [4.78, 5) is 19.2. The Hall–Kier alpha value is -2.91. The minimum Gasteiger partial charge on any atom is -0.478 e. The summed E-state index contributed by atoms with van der Waals surface area (Å²) in [5, 5.41) is 8.77. The van der Waals surface area contributed by atoms with Crippen LogP contribution in [0.2, 0.25) is 0 Å². The number of ether oxygens (including phenoxy) is 2. The van der Waals surface area contributed by atoms with Gasteiger partial charge in [-0.15, -0.1) is 0 Å². The second kappa shape index (κ2) is 6.92. The van der Waals surface area contributed by atoms with Gasteiger partial charge in [-0.3, -0.25) is 9.78 Å². The second-order valence-corrected chi connectivity index (χ2v) is 7.88. The van der Waals surface area contributed by atoms with Crippen LogP contribution in [-0.2, 0) is 28.2 Å². The minimum absolute atomic E-state index is 0.0587. The van der Waals surface area contributed by atoms with Crippen LogP contribution in [-0.4, -0.2) is 34.5 Å². The van der Waals surface area contributed by atoms with Crippen LogP contribution >= 0.6 is 0 Å². The summed E-state index contributed by atoms with van der Waals surface area (Å²) in [5.41, 5.74) is 1.74. The van der Waals surface area contributed by atoms with E-state index in [1.807, 2.05) is 29.3 Å². The molecule has 0 aliphatic carbocycles. The van der Waals surface area contributed by atoms with E-state index in [0.29, 0.717) is 31.9 Å². The average molecular weight is 377 g/mol. The summed E-state index contributed by atoms with van der Waals surface area (Å²) in [7, 11) is 0. The van der Waals surface area contributed by atoms with Crippen LogP contribution in [0.25, 0.3) is 0 Å². The molecule has 2 aliphatic heterocycles. The molecule has 0 bridgehead atoms. The van der Waals surface area contributed by atoms with Crippen molar-refractivity contribution in [2.24, 2.45) is 0 Å². The first-order valence-electron chi connectivity index (χ1n) is 9.45. The van der Waals surface area contributed by atoms with Gasteiger partial charge in [0.05, 0.1) is 25.6 Å². The van der Waals surface area contributed by atoms with E-state index in [1.54, 1.807) is 32.2 Å². The number of benzene rings is 1. The summed E-state index contributed by atoms with van der Waals surface area (Å²) in [5.74, 6) is 0.555. The van der Waals surface area contributed by atoms with Gasteiger partial charge in [-0.1, -0.05) is 12.1 Å². The smallest absolute Gasteiger partial charge is 0.266 e. The number of likely N-dealkylation sites (tertiary alicyclic amines) is 1. The lowest BCUT2D eigenvalue weighted by Crippen LogP contribution is -2.49. The Bertz CT molecular complexity index is 933. The fraction of sp³-hybridized carbons (Fsp3) is 0.409. The standard InChI is InChI=1S/C22H23N3O3/c1-21(2,28-18-5-3-16(4-6-18)7-10-23)20(26)25-12-9-22(15-25)19-8-11-24-13-17(19)14-27-22/h3-6,8,11,13H,7,9,12,14-15H2,1-2H3. The number of hydrogen-bond donors (Lipinski definition) is 0. The molecular formula is C22H23N3O3. The highest BCUT2D eigenvalue weighted by Crippen LogP contribution is 2.43. The predicted molar refractivity (Wildman–Crippen MR) is 102 cm³/mol. The van der Waals surface area contributed by atoms with Gasteiger partial charge in [0.15, 0.2) is 5.60 Å². The number of carbonyl (C=O) groups is 1. The number of fused-ring (bicyclic) bond motifs is 2. The molecule has 0 saturated carbocycles. The van der Waals surface area contributed by atoms with Crippen LogP contribution in [0.15, 0.2) is 42.7 Å². The zero-order valence-corrected chi connectivity index (χ0v) is 16.1. The van der Waals surface area contributed by atoms with Crippen molar-refractivity contribution in [2.45, 2.75) is 44.5 Å². The summed E-state index contributed by atoms with van der Waals surface area (Å²) in [6.45, 7) is 5.28. The average Bonchev–Trinajstić information content (AvgIpc) is 3.28. The van der Waals surface area contributed by atoms with Crippen LogP contribution in [0.4, 0.5) is 0 Å². The maximum atomic E-state index is 13.2. The lowest BCUT2D eigenvalue weighted by molar-refractivity contribution is -0.145. The third kappa shape index (κ3) is 3.23. The van der Waals surface area contributed by atoms with E-state index in [4.69, 9.17) is 14.7 Å². The van der Waals surface area contributed by atoms with Gasteiger partial charge < -0.3 is 14.4 Å². The molecule has 6 nitrogen and oxygen atoms in total. The second-order valence-electron chi connectivity index (χ2n) is 7.88. The van der Waals surface area contributed by atoms with Crippen LogP contribution in [0.3, 0.4) is 0 Å². The number of carbonyl (C=O) groups excluding carboxylic acids is 1. The Kier molecular flexibility index (Phi) is 4.56. The van der Waals surface area contributed by atoms with Crippen LogP contribution in [0.1, 0.15) is 37.0 Å². The molecule has 28 heavy (non-hydrogen) atoms. The Morgan fingerprint density at radius 2 is 2.14 bits per heavy atom. The highest BCUT2D eigenvalue weighted by atomic mass is 16.5. The predicted octanol–water partition coefficient (Wildman–Crippen LogP) is 2.96. The lowest BCUT2D eigenvalue weighted by atomic mass is 9.93. The fourth-order valence-electron chi connectivity index (χ4n) is 4.06. The number of amides is 1. The van der Waals surface area contributed by atoms with Crippen molar-refractivity contribution in [2.75, 3.05) is 13.1 Å². The zero-order valence-electron chi connectivity index (χ0n) is 16.1. The first-order chi connectivity index (χ1) is 13.4. The maximum Gasteiger partial charge on any atom is 0.266 e. The summed E-state index contributed by atoms with van der Waals surface area (Å²) >= 11 is 0. The number of nitriles is 1. The Balaban J connectivity index is 1.46. The molecule has 1 atom stereocenters. The number of rotatable bonds is 4. The van der Waals surface area contributed by atoms with E-state index in [-0.39, 0.29) is 5.91 Å². The molecular weight excluding hydrogens is 354 g/mol. The van der Waals surface area contributed by atoms with E-state index < -0.39 is 11.2 Å². The molecule has 3 heterocycles. The topological polar surface area (TPSA) is 75.5 Å². The fourth-order valence-corrected chi connectivity index (χ4v) is 4.06. The van der Waals surface area contributed by atoms with Crippen molar-refractivity contribution in [1.82, 2.24) is 9.88 Å². The summed E-state index contributed by atoms with van der Waals surface area (Å²) in [6, 6.07) is 11.4. The summed E-state index contributed by atoms with van der Waals surface area (Å²) in [6.07, 6.45) is 4.75. The Morgan fingerprint density at radius 1 is 1.36 bits per heavy atom. The first-order valence-corrected chi connectivity index (χ1v) is 9.45. The molecule has 1 amide bonds. The first kappa shape index (κ1) is 18.5. The molecule has 1 saturated heterocycles. The monoisotopic (exact) mass is 377 g/mol. The van der Waals surface area contributed by atoms with E-state index in [0.717, 1.165) is 23.1 Å². The molecule has 1 aromatic heterocycles. The minimum atomic E-state index is -0.998. The molecule has 144 valence electrons. The molecule has 0 radical (unpaired) electrons. The van der Waals surface area contributed by atoms with Crippen LogP contribution in [0, 0.1) is 11.3 Å². The van der Waals surface area contributed by atoms with Gasteiger partial charge in [-0.05, 0) is 49.6 Å². The molecule has 1 unspecified atom stereocenters. The van der Waals surface area contributed by atoms with E-state index in [1.165, 1.54) is 0 Å². The number of aromatic nitrogens is 1. The van der Waals surface area contributed by atoms with Crippen molar-refractivity contribution in [3.05, 3.63) is 59.4 Å². The summed E-state index contributed by atoms with van der Waals surface area (Å²) < 4.78 is 12.1. The Labute approximate surface area is 164 Å². The van der Waals surface area contributed by atoms with Gasteiger partial charge in [0.2, 0.25) is 0 Å². The Morgan fingerprint density at radius 3 is 2.89 bits per heavy atom. The van der Waals surface area contributed by atoms with Crippen molar-refractivity contribution >= 4 is 5.91 Å². The van der Waals surface area contributed by atoms with Crippen molar-refractivity contribution in [1.29, 1.82) is 5.26 Å². The quantitative estimate of drug-likeness (QED) is 0.819. The van der Waals surface area contributed by atoms with Crippen LogP contribution in [0.5, 0.6) is 5.75 Å². The van der Waals surface area contributed by atoms with Gasteiger partial charge >= 0.3 is 0 Å². The molecule has 6 heteroatoms. The molecule has 1 aromatic carbocycles.